The van der Waals surface area contributed by atoms with Gasteiger partial charge >= 0.3 is 0 Å². The van der Waals surface area contributed by atoms with Crippen LogP contribution in [0.25, 0.3) is 0 Å². The summed E-state index contributed by atoms with van der Waals surface area (Å²) in [4.78, 5) is 0. The fourth-order valence-electron chi connectivity index (χ4n) is 2.04. The van der Waals surface area contributed by atoms with E-state index in [2.05, 4.69) is 0 Å². The van der Waals surface area contributed by atoms with Crippen molar-refractivity contribution in [1.82, 2.24) is 0 Å². The highest BCUT2D eigenvalue weighted by molar-refractivity contribution is 5.13. The maximum Gasteiger partial charge on any atom is 0.184 e. The lowest BCUT2D eigenvalue weighted by Crippen LogP contribution is -2.41. The first-order chi connectivity index (χ1) is 9.13. The van der Waals surface area contributed by atoms with Crippen LogP contribution in [-0.2, 0) is 16.1 Å². The molecule has 2 rings (SSSR count). The molecule has 1 aliphatic rings. The molecule has 0 saturated carbocycles. The third-order valence-electron chi connectivity index (χ3n) is 3.10. The van der Waals surface area contributed by atoms with E-state index < -0.39 is 37.3 Å². The van der Waals surface area contributed by atoms with Gasteiger partial charge in [-0.05, 0) is 5.56 Å². The van der Waals surface area contributed by atoms with Gasteiger partial charge in [0.15, 0.2) is 6.29 Å². The molecule has 19 heavy (non-hydrogen) atoms. The largest absolute Gasteiger partial charge is 0.394 e. The second-order valence-electron chi connectivity index (χ2n) is 4.49. The molecule has 0 spiro atoms. The third kappa shape index (κ3) is 3.30. The molecule has 106 valence electrons. The fourth-order valence-corrected chi connectivity index (χ4v) is 2.04. The summed E-state index contributed by atoms with van der Waals surface area (Å²) < 4.78 is 10.4. The summed E-state index contributed by atoms with van der Waals surface area (Å²) in [7, 11) is 0. The summed E-state index contributed by atoms with van der Waals surface area (Å²) in [5, 5.41) is 37.8. The zero-order valence-corrected chi connectivity index (χ0v) is 10.3. The van der Waals surface area contributed by atoms with E-state index in [0.717, 1.165) is 5.56 Å². The van der Waals surface area contributed by atoms with Crippen LogP contribution in [0.1, 0.15) is 5.56 Å². The van der Waals surface area contributed by atoms with Crippen molar-refractivity contribution in [3.05, 3.63) is 35.9 Å². The van der Waals surface area contributed by atoms with Gasteiger partial charge in [-0.1, -0.05) is 30.3 Å². The SMILES string of the molecule is OC[C@@H](O)[C@H]1O[C@@H](O)[C@H](OCc2ccccc2)[C@@H]1O. The second-order valence-corrected chi connectivity index (χ2v) is 4.49. The smallest absolute Gasteiger partial charge is 0.184 e. The molecule has 0 unspecified atom stereocenters. The van der Waals surface area contributed by atoms with Crippen LogP contribution in [-0.4, -0.2) is 57.7 Å². The topological polar surface area (TPSA) is 99.4 Å². The highest BCUT2D eigenvalue weighted by atomic mass is 16.7. The number of rotatable bonds is 5. The Kier molecular flexibility index (Phi) is 4.87. The zero-order valence-electron chi connectivity index (χ0n) is 10.3. The highest BCUT2D eigenvalue weighted by Gasteiger charge is 2.46. The molecule has 1 saturated heterocycles. The molecule has 0 amide bonds. The first-order valence-corrected chi connectivity index (χ1v) is 6.09. The molecule has 0 aromatic heterocycles. The van der Waals surface area contributed by atoms with Crippen LogP contribution < -0.4 is 0 Å². The van der Waals surface area contributed by atoms with Crippen molar-refractivity contribution in [1.29, 1.82) is 0 Å². The van der Waals surface area contributed by atoms with Crippen molar-refractivity contribution < 1.29 is 29.9 Å². The molecule has 0 radical (unpaired) electrons. The van der Waals surface area contributed by atoms with Gasteiger partial charge in [-0.15, -0.1) is 0 Å². The van der Waals surface area contributed by atoms with Crippen molar-refractivity contribution in [2.24, 2.45) is 0 Å². The Morgan fingerprint density at radius 3 is 2.53 bits per heavy atom. The Balaban J connectivity index is 1.93. The Labute approximate surface area is 110 Å². The summed E-state index contributed by atoms with van der Waals surface area (Å²) in [6, 6.07) is 9.30. The first kappa shape index (κ1) is 14.4. The van der Waals surface area contributed by atoms with Crippen LogP contribution >= 0.6 is 0 Å². The van der Waals surface area contributed by atoms with Crippen molar-refractivity contribution in [2.45, 2.75) is 37.3 Å². The molecule has 4 N–H and O–H groups in total. The highest BCUT2D eigenvalue weighted by Crippen LogP contribution is 2.25. The van der Waals surface area contributed by atoms with Crippen LogP contribution in [0.2, 0.25) is 0 Å². The Morgan fingerprint density at radius 2 is 1.89 bits per heavy atom. The van der Waals surface area contributed by atoms with E-state index in [9.17, 15) is 15.3 Å². The maximum atomic E-state index is 9.92. The Morgan fingerprint density at radius 1 is 1.21 bits per heavy atom. The van der Waals surface area contributed by atoms with E-state index in [1.165, 1.54) is 0 Å². The standard InChI is InChI=1S/C13H18O6/c14-6-9(15)11-10(16)12(13(17)19-11)18-7-8-4-2-1-3-5-8/h1-5,9-17H,6-7H2/t9-,10-,11-,12-,13-/m1/s1. The van der Waals surface area contributed by atoms with Gasteiger partial charge < -0.3 is 29.9 Å². The van der Waals surface area contributed by atoms with Gasteiger partial charge in [-0.2, -0.15) is 0 Å². The zero-order chi connectivity index (χ0) is 13.8. The van der Waals surface area contributed by atoms with E-state index in [-0.39, 0.29) is 6.61 Å². The average Bonchev–Trinajstić information content (AvgIpc) is 2.72. The summed E-state index contributed by atoms with van der Waals surface area (Å²) in [6.07, 6.45) is -5.78. The van der Waals surface area contributed by atoms with Gasteiger partial charge in [0, 0.05) is 0 Å². The minimum atomic E-state index is -1.33. The monoisotopic (exact) mass is 270 g/mol. The third-order valence-corrected chi connectivity index (χ3v) is 3.10. The van der Waals surface area contributed by atoms with E-state index >= 15 is 0 Å². The number of hydrogen-bond donors (Lipinski definition) is 4. The van der Waals surface area contributed by atoms with Crippen LogP contribution in [0, 0.1) is 0 Å². The lowest BCUT2D eigenvalue weighted by molar-refractivity contribution is -0.160. The van der Waals surface area contributed by atoms with Crippen LogP contribution in [0.3, 0.4) is 0 Å². The quantitative estimate of drug-likeness (QED) is 0.548. The molecule has 0 bridgehead atoms. The second kappa shape index (κ2) is 6.42. The minimum Gasteiger partial charge on any atom is -0.394 e. The van der Waals surface area contributed by atoms with Gasteiger partial charge in [0.2, 0.25) is 0 Å². The molecule has 5 atom stereocenters. The summed E-state index contributed by atoms with van der Waals surface area (Å²) in [5.74, 6) is 0. The number of aliphatic hydroxyl groups excluding tert-OH is 4. The van der Waals surface area contributed by atoms with Crippen LogP contribution in [0.15, 0.2) is 30.3 Å². The summed E-state index contributed by atoms with van der Waals surface area (Å²) >= 11 is 0. The van der Waals surface area contributed by atoms with Gasteiger partial charge in [-0.3, -0.25) is 0 Å². The predicted molar refractivity (Wildman–Crippen MR) is 65.0 cm³/mol. The molecule has 1 aromatic carbocycles. The van der Waals surface area contributed by atoms with E-state index in [0.29, 0.717) is 0 Å². The van der Waals surface area contributed by atoms with E-state index in [1.54, 1.807) is 0 Å². The van der Waals surface area contributed by atoms with Gasteiger partial charge in [0.1, 0.15) is 24.4 Å². The Hall–Kier alpha value is -1.02. The number of benzene rings is 1. The molecular weight excluding hydrogens is 252 g/mol. The van der Waals surface area contributed by atoms with Crippen molar-refractivity contribution in [3.63, 3.8) is 0 Å². The molecule has 1 aliphatic heterocycles. The molecule has 1 aromatic rings. The average molecular weight is 270 g/mol. The van der Waals surface area contributed by atoms with Crippen LogP contribution in [0.5, 0.6) is 0 Å². The molecule has 6 heteroatoms. The lowest BCUT2D eigenvalue weighted by atomic mass is 10.1. The van der Waals surface area contributed by atoms with E-state index in [1.807, 2.05) is 30.3 Å². The number of hydrogen-bond acceptors (Lipinski definition) is 6. The van der Waals surface area contributed by atoms with Gasteiger partial charge in [0.05, 0.1) is 13.2 Å². The minimum absolute atomic E-state index is 0.213. The van der Waals surface area contributed by atoms with Crippen molar-refractivity contribution >= 4 is 0 Å². The van der Waals surface area contributed by atoms with Crippen molar-refractivity contribution in [2.75, 3.05) is 6.61 Å². The maximum absolute atomic E-state index is 9.92. The van der Waals surface area contributed by atoms with Gasteiger partial charge in [0.25, 0.3) is 0 Å². The first-order valence-electron chi connectivity index (χ1n) is 6.09. The molecular formula is C13H18O6. The number of aliphatic hydroxyl groups is 4. The predicted octanol–water partition coefficient (Wildman–Crippen LogP) is -0.997. The summed E-state index contributed by atoms with van der Waals surface area (Å²) in [5.41, 5.74) is 0.896. The normalized spacial score (nSPS) is 32.4. The van der Waals surface area contributed by atoms with E-state index in [4.69, 9.17) is 14.6 Å². The molecule has 6 nitrogen and oxygen atoms in total. The lowest BCUT2D eigenvalue weighted by Gasteiger charge is -2.20. The molecule has 1 fully saturated rings. The fraction of sp³-hybridized carbons (Fsp3) is 0.538. The molecule has 0 aliphatic carbocycles. The molecule has 1 heterocycles. The van der Waals surface area contributed by atoms with Crippen LogP contribution in [0.4, 0.5) is 0 Å². The van der Waals surface area contributed by atoms with Crippen molar-refractivity contribution in [3.8, 4) is 0 Å². The Bertz CT molecular complexity index is 384. The summed E-state index contributed by atoms with van der Waals surface area (Å²) in [6.45, 7) is -0.342. The number of ether oxygens (including phenoxy) is 2. The van der Waals surface area contributed by atoms with Gasteiger partial charge in [-0.25, -0.2) is 0 Å².